The van der Waals surface area contributed by atoms with E-state index < -0.39 is 0 Å². The molecule has 132 valence electrons. The van der Waals surface area contributed by atoms with Crippen molar-refractivity contribution in [3.63, 3.8) is 0 Å². The summed E-state index contributed by atoms with van der Waals surface area (Å²) < 4.78 is 11.0. The maximum absolute atomic E-state index is 12.7. The lowest BCUT2D eigenvalue weighted by Crippen LogP contribution is -2.38. The van der Waals surface area contributed by atoms with Crippen LogP contribution in [0.2, 0.25) is 0 Å². The van der Waals surface area contributed by atoms with E-state index in [-0.39, 0.29) is 29.9 Å². The van der Waals surface area contributed by atoms with Crippen molar-refractivity contribution in [3.05, 3.63) is 0 Å². The number of esters is 2. The Morgan fingerprint density at radius 2 is 1.65 bits per heavy atom. The van der Waals surface area contributed by atoms with E-state index in [1.54, 1.807) is 0 Å². The molecule has 0 N–H and O–H groups in total. The maximum Gasteiger partial charge on any atom is 0.310 e. The van der Waals surface area contributed by atoms with Gasteiger partial charge in [0, 0.05) is 0 Å². The number of carbonyl (C=O) groups is 2. The SMILES string of the molecule is CCCCCC(CC)OC(=O)C1C2CCC(C2)C1C(=O)OCC. The average molecular weight is 324 g/mol. The number of carbonyl (C=O) groups excluding carboxylic acids is 2. The van der Waals surface area contributed by atoms with Gasteiger partial charge in [0.15, 0.2) is 0 Å². The molecule has 0 aromatic carbocycles. The largest absolute Gasteiger partial charge is 0.466 e. The summed E-state index contributed by atoms with van der Waals surface area (Å²) in [6.45, 7) is 6.43. The zero-order valence-electron chi connectivity index (χ0n) is 14.9. The zero-order chi connectivity index (χ0) is 16.8. The second-order valence-corrected chi connectivity index (χ2v) is 7.10. The molecular formula is C19H32O4. The van der Waals surface area contributed by atoms with Gasteiger partial charge in [0.25, 0.3) is 0 Å². The van der Waals surface area contributed by atoms with E-state index in [1.165, 1.54) is 12.8 Å². The van der Waals surface area contributed by atoms with Gasteiger partial charge in [-0.2, -0.15) is 0 Å². The van der Waals surface area contributed by atoms with E-state index in [2.05, 4.69) is 13.8 Å². The van der Waals surface area contributed by atoms with E-state index in [0.717, 1.165) is 38.5 Å². The van der Waals surface area contributed by atoms with Crippen LogP contribution in [0.1, 0.15) is 72.1 Å². The molecule has 0 aromatic rings. The van der Waals surface area contributed by atoms with Crippen LogP contribution in [-0.2, 0) is 19.1 Å². The van der Waals surface area contributed by atoms with Gasteiger partial charge < -0.3 is 9.47 Å². The second kappa shape index (κ2) is 8.70. The van der Waals surface area contributed by atoms with Crippen LogP contribution in [0.5, 0.6) is 0 Å². The van der Waals surface area contributed by atoms with Crippen molar-refractivity contribution in [1.29, 1.82) is 0 Å². The molecule has 0 aromatic heterocycles. The van der Waals surface area contributed by atoms with E-state index >= 15 is 0 Å². The molecule has 0 amide bonds. The average Bonchev–Trinajstić information content (AvgIpc) is 3.15. The highest BCUT2D eigenvalue weighted by Gasteiger charge is 2.55. The predicted molar refractivity (Wildman–Crippen MR) is 88.8 cm³/mol. The summed E-state index contributed by atoms with van der Waals surface area (Å²) >= 11 is 0. The highest BCUT2D eigenvalue weighted by Crippen LogP contribution is 2.53. The second-order valence-electron chi connectivity index (χ2n) is 7.10. The van der Waals surface area contributed by atoms with Gasteiger partial charge in [0.1, 0.15) is 6.10 Å². The van der Waals surface area contributed by atoms with Crippen molar-refractivity contribution in [2.45, 2.75) is 78.2 Å². The number of unbranched alkanes of at least 4 members (excludes halogenated alkanes) is 2. The first-order chi connectivity index (χ1) is 11.1. The topological polar surface area (TPSA) is 52.6 Å². The van der Waals surface area contributed by atoms with Gasteiger partial charge in [0.05, 0.1) is 18.4 Å². The van der Waals surface area contributed by atoms with Crippen LogP contribution in [0.3, 0.4) is 0 Å². The highest BCUT2D eigenvalue weighted by molar-refractivity contribution is 5.83. The Morgan fingerprint density at radius 3 is 2.22 bits per heavy atom. The van der Waals surface area contributed by atoms with Gasteiger partial charge >= 0.3 is 11.9 Å². The molecule has 2 bridgehead atoms. The van der Waals surface area contributed by atoms with Gasteiger partial charge in [-0.1, -0.05) is 26.7 Å². The van der Waals surface area contributed by atoms with E-state index in [9.17, 15) is 9.59 Å². The summed E-state index contributed by atoms with van der Waals surface area (Å²) in [5, 5.41) is 0. The van der Waals surface area contributed by atoms with Crippen LogP contribution in [0.4, 0.5) is 0 Å². The first kappa shape index (κ1) is 18.3. The maximum atomic E-state index is 12.7. The highest BCUT2D eigenvalue weighted by atomic mass is 16.5. The van der Waals surface area contributed by atoms with Gasteiger partial charge in [-0.3, -0.25) is 9.59 Å². The molecule has 0 saturated heterocycles. The summed E-state index contributed by atoms with van der Waals surface area (Å²) in [4.78, 5) is 25.0. The van der Waals surface area contributed by atoms with Crippen LogP contribution in [0.25, 0.3) is 0 Å². The van der Waals surface area contributed by atoms with Crippen LogP contribution in [0, 0.1) is 23.7 Å². The van der Waals surface area contributed by atoms with Crippen LogP contribution >= 0.6 is 0 Å². The van der Waals surface area contributed by atoms with Crippen LogP contribution < -0.4 is 0 Å². The summed E-state index contributed by atoms with van der Waals surface area (Å²) in [6.07, 6.45) is 8.29. The van der Waals surface area contributed by atoms with E-state index in [1.807, 2.05) is 6.92 Å². The molecule has 5 atom stereocenters. The number of hydrogen-bond donors (Lipinski definition) is 0. The smallest absolute Gasteiger partial charge is 0.310 e. The van der Waals surface area contributed by atoms with Gasteiger partial charge in [-0.05, 0) is 57.3 Å². The molecule has 0 spiro atoms. The lowest BCUT2D eigenvalue weighted by molar-refractivity contribution is -0.166. The molecule has 23 heavy (non-hydrogen) atoms. The summed E-state index contributed by atoms with van der Waals surface area (Å²) in [5.41, 5.74) is 0. The lowest BCUT2D eigenvalue weighted by atomic mass is 9.79. The fraction of sp³-hybridized carbons (Fsp3) is 0.895. The fourth-order valence-corrected chi connectivity index (χ4v) is 4.42. The van der Waals surface area contributed by atoms with Crippen molar-refractivity contribution in [1.82, 2.24) is 0 Å². The van der Waals surface area contributed by atoms with Crippen molar-refractivity contribution in [2.75, 3.05) is 6.61 Å². The Labute approximate surface area is 140 Å². The molecule has 0 radical (unpaired) electrons. The van der Waals surface area contributed by atoms with Gasteiger partial charge in [-0.15, -0.1) is 0 Å². The molecule has 2 aliphatic carbocycles. The molecule has 2 rings (SSSR count). The quantitative estimate of drug-likeness (QED) is 0.473. The minimum Gasteiger partial charge on any atom is -0.466 e. The van der Waals surface area contributed by atoms with E-state index in [0.29, 0.717) is 18.4 Å². The number of rotatable bonds is 9. The van der Waals surface area contributed by atoms with Crippen molar-refractivity contribution < 1.29 is 19.1 Å². The minimum atomic E-state index is -0.270. The number of fused-ring (bicyclic) bond motifs is 2. The van der Waals surface area contributed by atoms with Crippen molar-refractivity contribution >= 4 is 11.9 Å². The molecule has 2 saturated carbocycles. The molecular weight excluding hydrogens is 292 g/mol. The standard InChI is InChI=1S/C19H32O4/c1-4-7-8-9-15(5-2)23-19(21)17-14-11-10-13(12-14)16(17)18(20)22-6-3/h13-17H,4-12H2,1-3H3. The molecule has 0 heterocycles. The molecule has 4 nitrogen and oxygen atoms in total. The Morgan fingerprint density at radius 1 is 1.00 bits per heavy atom. The van der Waals surface area contributed by atoms with Gasteiger partial charge in [-0.25, -0.2) is 0 Å². The summed E-state index contributed by atoms with van der Waals surface area (Å²) in [7, 11) is 0. The normalized spacial score (nSPS) is 30.2. The molecule has 4 heteroatoms. The molecule has 0 aliphatic heterocycles. The molecule has 2 fully saturated rings. The fourth-order valence-electron chi connectivity index (χ4n) is 4.42. The third-order valence-electron chi connectivity index (χ3n) is 5.62. The third-order valence-corrected chi connectivity index (χ3v) is 5.62. The number of hydrogen-bond acceptors (Lipinski definition) is 4. The molecule has 2 aliphatic rings. The Kier molecular flexibility index (Phi) is 6.91. The van der Waals surface area contributed by atoms with Crippen molar-refractivity contribution in [2.24, 2.45) is 23.7 Å². The monoisotopic (exact) mass is 324 g/mol. The Hall–Kier alpha value is -1.06. The number of ether oxygens (including phenoxy) is 2. The van der Waals surface area contributed by atoms with Crippen LogP contribution in [-0.4, -0.2) is 24.6 Å². The minimum absolute atomic E-state index is 0.00368. The lowest BCUT2D eigenvalue weighted by Gasteiger charge is -2.29. The Bertz CT molecular complexity index is 406. The predicted octanol–water partition coefficient (Wildman–Crippen LogP) is 4.11. The van der Waals surface area contributed by atoms with E-state index in [4.69, 9.17) is 9.47 Å². The molecule has 5 unspecified atom stereocenters. The first-order valence-corrected chi connectivity index (χ1v) is 9.49. The Balaban J connectivity index is 1.97. The van der Waals surface area contributed by atoms with Crippen LogP contribution in [0.15, 0.2) is 0 Å². The van der Waals surface area contributed by atoms with Crippen molar-refractivity contribution in [3.8, 4) is 0 Å². The zero-order valence-corrected chi connectivity index (χ0v) is 14.9. The van der Waals surface area contributed by atoms with Gasteiger partial charge in [0.2, 0.25) is 0 Å². The first-order valence-electron chi connectivity index (χ1n) is 9.49. The third kappa shape index (κ3) is 4.27. The summed E-state index contributed by atoms with van der Waals surface area (Å²) in [6, 6.07) is 0. The summed E-state index contributed by atoms with van der Waals surface area (Å²) in [5.74, 6) is -0.256.